The summed E-state index contributed by atoms with van der Waals surface area (Å²) in [4.78, 5) is 10.0. The number of ether oxygens (including phenoxy) is 1. The average molecular weight is 300 g/mol. The van der Waals surface area contributed by atoms with Crippen molar-refractivity contribution in [1.82, 2.24) is 15.1 Å². The SMILES string of the molecule is O=[N+]([O-])c1cnn(CC(O)CNC2(CO)CCOCC2)c1. The summed E-state index contributed by atoms with van der Waals surface area (Å²) in [5.74, 6) is 0. The number of rotatable bonds is 7. The highest BCUT2D eigenvalue weighted by atomic mass is 16.6. The molecule has 0 bridgehead atoms. The molecule has 1 aromatic rings. The molecule has 3 N–H and O–H groups in total. The summed E-state index contributed by atoms with van der Waals surface area (Å²) in [6.07, 6.45) is 3.04. The van der Waals surface area contributed by atoms with Crippen LogP contribution in [0.25, 0.3) is 0 Å². The fourth-order valence-electron chi connectivity index (χ4n) is 2.31. The van der Waals surface area contributed by atoms with Crippen LogP contribution in [0, 0.1) is 10.1 Å². The zero-order valence-electron chi connectivity index (χ0n) is 11.6. The second-order valence-electron chi connectivity index (χ2n) is 5.26. The fraction of sp³-hybridized carbons (Fsp3) is 0.750. The molecule has 1 unspecified atom stereocenters. The molecule has 0 spiro atoms. The molecular formula is C12H20N4O5. The number of β-amino-alcohol motifs (C(OH)–C–C–N with tert-alkyl or cyclic N) is 1. The van der Waals surface area contributed by atoms with Gasteiger partial charge in [-0.1, -0.05) is 0 Å². The van der Waals surface area contributed by atoms with Crippen LogP contribution in [0.15, 0.2) is 12.4 Å². The Morgan fingerprint density at radius 1 is 1.57 bits per heavy atom. The minimum Gasteiger partial charge on any atom is -0.394 e. The van der Waals surface area contributed by atoms with E-state index in [1.54, 1.807) is 0 Å². The van der Waals surface area contributed by atoms with Crippen molar-refractivity contribution in [3.05, 3.63) is 22.5 Å². The van der Waals surface area contributed by atoms with Gasteiger partial charge in [-0.2, -0.15) is 5.10 Å². The van der Waals surface area contributed by atoms with Crippen LogP contribution in [0.3, 0.4) is 0 Å². The van der Waals surface area contributed by atoms with Crippen molar-refractivity contribution in [3.8, 4) is 0 Å². The molecule has 1 aromatic heterocycles. The number of aliphatic hydroxyl groups excluding tert-OH is 2. The van der Waals surface area contributed by atoms with Crippen molar-refractivity contribution in [3.63, 3.8) is 0 Å². The maximum atomic E-state index is 10.6. The van der Waals surface area contributed by atoms with Crippen molar-refractivity contribution in [2.75, 3.05) is 26.4 Å². The van der Waals surface area contributed by atoms with Crippen molar-refractivity contribution >= 4 is 5.69 Å². The molecule has 0 aromatic carbocycles. The molecule has 1 aliphatic heterocycles. The number of nitro groups is 1. The lowest BCUT2D eigenvalue weighted by Crippen LogP contribution is -2.54. The second-order valence-corrected chi connectivity index (χ2v) is 5.26. The molecule has 0 amide bonds. The molecule has 1 atom stereocenters. The maximum absolute atomic E-state index is 10.6. The third kappa shape index (κ3) is 4.21. The van der Waals surface area contributed by atoms with Gasteiger partial charge in [-0.25, -0.2) is 0 Å². The Balaban J connectivity index is 1.83. The van der Waals surface area contributed by atoms with Crippen LogP contribution >= 0.6 is 0 Å². The lowest BCUT2D eigenvalue weighted by Gasteiger charge is -2.37. The van der Waals surface area contributed by atoms with Crippen molar-refractivity contribution < 1.29 is 19.9 Å². The van der Waals surface area contributed by atoms with Crippen molar-refractivity contribution in [2.24, 2.45) is 0 Å². The van der Waals surface area contributed by atoms with Crippen molar-refractivity contribution in [1.29, 1.82) is 0 Å². The van der Waals surface area contributed by atoms with E-state index in [4.69, 9.17) is 4.74 Å². The third-order valence-electron chi connectivity index (χ3n) is 3.69. The average Bonchev–Trinajstić information content (AvgIpc) is 2.95. The zero-order chi connectivity index (χ0) is 15.3. The number of aliphatic hydroxyl groups is 2. The van der Waals surface area contributed by atoms with Crippen LogP contribution in [-0.2, 0) is 11.3 Å². The summed E-state index contributed by atoms with van der Waals surface area (Å²) in [5.41, 5.74) is -0.526. The van der Waals surface area contributed by atoms with E-state index >= 15 is 0 Å². The number of nitrogens with zero attached hydrogens (tertiary/aromatic N) is 3. The highest BCUT2D eigenvalue weighted by Gasteiger charge is 2.31. The molecule has 21 heavy (non-hydrogen) atoms. The first-order chi connectivity index (χ1) is 10.0. The van der Waals surface area contributed by atoms with Crippen molar-refractivity contribution in [2.45, 2.75) is 31.0 Å². The van der Waals surface area contributed by atoms with E-state index in [1.165, 1.54) is 10.9 Å². The summed E-state index contributed by atoms with van der Waals surface area (Å²) >= 11 is 0. The number of hydrogen-bond donors (Lipinski definition) is 3. The Hall–Kier alpha value is -1.55. The topological polar surface area (TPSA) is 123 Å². The van der Waals surface area contributed by atoms with E-state index in [0.29, 0.717) is 26.1 Å². The van der Waals surface area contributed by atoms with Gasteiger partial charge in [-0.15, -0.1) is 0 Å². The Bertz CT molecular complexity index is 472. The van der Waals surface area contributed by atoms with Gasteiger partial charge in [0.05, 0.1) is 24.2 Å². The van der Waals surface area contributed by atoms with E-state index in [1.807, 2.05) is 0 Å². The molecule has 0 aliphatic carbocycles. The van der Waals surface area contributed by atoms with E-state index < -0.39 is 16.6 Å². The summed E-state index contributed by atoms with van der Waals surface area (Å²) in [5, 5.41) is 37.1. The summed E-state index contributed by atoms with van der Waals surface area (Å²) in [6.45, 7) is 1.56. The summed E-state index contributed by atoms with van der Waals surface area (Å²) < 4.78 is 6.60. The molecule has 0 saturated carbocycles. The molecule has 1 aliphatic rings. The smallest absolute Gasteiger partial charge is 0.306 e. The first kappa shape index (κ1) is 15.8. The van der Waals surface area contributed by atoms with Crippen LogP contribution in [0.1, 0.15) is 12.8 Å². The van der Waals surface area contributed by atoms with E-state index in [2.05, 4.69) is 10.4 Å². The minimum atomic E-state index is -0.754. The highest BCUT2D eigenvalue weighted by molar-refractivity contribution is 5.20. The van der Waals surface area contributed by atoms with Crippen LogP contribution < -0.4 is 5.32 Å². The summed E-state index contributed by atoms with van der Waals surface area (Å²) in [7, 11) is 0. The predicted octanol–water partition coefficient (Wildman–Crippen LogP) is -0.717. The molecule has 2 rings (SSSR count). The molecule has 0 radical (unpaired) electrons. The Morgan fingerprint density at radius 2 is 2.29 bits per heavy atom. The van der Waals surface area contributed by atoms with Gasteiger partial charge in [0.1, 0.15) is 12.4 Å². The normalized spacial score (nSPS) is 19.3. The minimum absolute atomic E-state index is 0.0175. The summed E-state index contributed by atoms with van der Waals surface area (Å²) in [6, 6.07) is 0. The first-order valence-corrected chi connectivity index (χ1v) is 6.83. The quantitative estimate of drug-likeness (QED) is 0.448. The van der Waals surface area contributed by atoms with E-state index in [-0.39, 0.29) is 25.4 Å². The van der Waals surface area contributed by atoms with Gasteiger partial charge >= 0.3 is 5.69 Å². The lowest BCUT2D eigenvalue weighted by atomic mass is 9.91. The second kappa shape index (κ2) is 6.94. The van der Waals surface area contributed by atoms with Crippen LogP contribution in [-0.4, -0.2) is 62.9 Å². The van der Waals surface area contributed by atoms with Gasteiger partial charge in [0.15, 0.2) is 0 Å². The monoisotopic (exact) mass is 300 g/mol. The van der Waals surface area contributed by atoms with Crippen LogP contribution in [0.4, 0.5) is 5.69 Å². The Morgan fingerprint density at radius 3 is 2.86 bits per heavy atom. The van der Waals surface area contributed by atoms with Gasteiger partial charge in [-0.3, -0.25) is 14.8 Å². The van der Waals surface area contributed by atoms with E-state index in [9.17, 15) is 20.3 Å². The highest BCUT2D eigenvalue weighted by Crippen LogP contribution is 2.20. The lowest BCUT2D eigenvalue weighted by molar-refractivity contribution is -0.385. The Kier molecular flexibility index (Phi) is 5.23. The zero-order valence-corrected chi connectivity index (χ0v) is 11.6. The molecule has 9 nitrogen and oxygen atoms in total. The molecule has 1 fully saturated rings. The molecular weight excluding hydrogens is 280 g/mol. The molecule has 9 heteroatoms. The number of nitrogens with one attached hydrogen (secondary N) is 1. The van der Waals surface area contributed by atoms with Crippen LogP contribution in [0.2, 0.25) is 0 Å². The maximum Gasteiger partial charge on any atom is 0.306 e. The number of aromatic nitrogens is 2. The van der Waals surface area contributed by atoms with Gasteiger partial charge in [-0.05, 0) is 12.8 Å². The van der Waals surface area contributed by atoms with Gasteiger partial charge in [0.25, 0.3) is 0 Å². The largest absolute Gasteiger partial charge is 0.394 e. The molecule has 2 heterocycles. The fourth-order valence-corrected chi connectivity index (χ4v) is 2.31. The first-order valence-electron chi connectivity index (χ1n) is 6.83. The van der Waals surface area contributed by atoms with Crippen LogP contribution in [0.5, 0.6) is 0 Å². The molecule has 118 valence electrons. The molecule has 1 saturated heterocycles. The van der Waals surface area contributed by atoms with Gasteiger partial charge < -0.3 is 20.3 Å². The number of hydrogen-bond acceptors (Lipinski definition) is 7. The standard InChI is InChI=1S/C12H20N4O5/c17-9-12(1-3-21-4-2-12)13-6-11(18)8-15-7-10(5-14-15)16(19)20/h5,7,11,13,17-18H,1-4,6,8-9H2. The van der Waals surface area contributed by atoms with E-state index in [0.717, 1.165) is 6.20 Å². The Labute approximate surface area is 121 Å². The third-order valence-corrected chi connectivity index (χ3v) is 3.69. The van der Waals surface area contributed by atoms with Gasteiger partial charge in [0, 0.05) is 25.3 Å². The predicted molar refractivity (Wildman–Crippen MR) is 72.8 cm³/mol. The van der Waals surface area contributed by atoms with Gasteiger partial charge in [0.2, 0.25) is 0 Å².